The molecule has 0 saturated carbocycles. The first-order chi connectivity index (χ1) is 11.3. The minimum atomic E-state index is 0.753. The first-order valence-corrected chi connectivity index (χ1v) is 9.02. The van der Waals surface area contributed by atoms with E-state index in [9.17, 15) is 0 Å². The van der Waals surface area contributed by atoms with E-state index in [1.54, 1.807) is 17.7 Å². The van der Waals surface area contributed by atoms with Gasteiger partial charge in [0.15, 0.2) is 0 Å². The van der Waals surface area contributed by atoms with E-state index in [4.69, 9.17) is 11.6 Å². The van der Waals surface area contributed by atoms with Gasteiger partial charge in [-0.15, -0.1) is 11.3 Å². The monoisotopic (exact) mass is 344 g/mol. The highest BCUT2D eigenvalue weighted by molar-refractivity contribution is 7.17. The maximum Gasteiger partial charge on any atom is 0.141 e. The van der Waals surface area contributed by atoms with Gasteiger partial charge in [-0.3, -0.25) is 0 Å². The quantitative estimate of drug-likeness (QED) is 0.767. The Kier molecular flexibility index (Phi) is 4.16. The van der Waals surface area contributed by atoms with Gasteiger partial charge < -0.3 is 10.2 Å². The molecule has 118 valence electrons. The normalized spacial score (nSPS) is 15.8. The molecule has 0 unspecified atom stereocenters. The van der Waals surface area contributed by atoms with Crippen LogP contribution in [0.4, 0.5) is 5.82 Å². The highest BCUT2D eigenvalue weighted by Crippen LogP contribution is 2.38. The molecule has 0 spiro atoms. The average molecular weight is 345 g/mol. The smallest absolute Gasteiger partial charge is 0.141 e. The van der Waals surface area contributed by atoms with Gasteiger partial charge in [-0.1, -0.05) is 23.7 Å². The molecule has 23 heavy (non-hydrogen) atoms. The third-order valence-corrected chi connectivity index (χ3v) is 5.28. The van der Waals surface area contributed by atoms with Crippen LogP contribution in [0.1, 0.15) is 6.42 Å². The Labute approximate surface area is 144 Å². The Bertz CT molecular complexity index is 807. The highest BCUT2D eigenvalue weighted by Gasteiger charge is 2.18. The molecule has 6 heteroatoms. The van der Waals surface area contributed by atoms with Gasteiger partial charge in [-0.05, 0) is 30.7 Å². The first kappa shape index (κ1) is 14.9. The molecule has 1 saturated heterocycles. The Morgan fingerprint density at radius 3 is 2.83 bits per heavy atom. The van der Waals surface area contributed by atoms with E-state index in [1.165, 1.54) is 5.56 Å². The van der Waals surface area contributed by atoms with Gasteiger partial charge >= 0.3 is 0 Å². The van der Waals surface area contributed by atoms with Gasteiger partial charge in [-0.25, -0.2) is 9.97 Å². The summed E-state index contributed by atoms with van der Waals surface area (Å²) in [6, 6.07) is 7.98. The van der Waals surface area contributed by atoms with Crippen LogP contribution < -0.4 is 10.2 Å². The molecule has 0 bridgehead atoms. The summed E-state index contributed by atoms with van der Waals surface area (Å²) in [7, 11) is 0. The van der Waals surface area contributed by atoms with Gasteiger partial charge in [0.1, 0.15) is 17.0 Å². The summed E-state index contributed by atoms with van der Waals surface area (Å²) < 4.78 is 0. The summed E-state index contributed by atoms with van der Waals surface area (Å²) in [5.41, 5.74) is 2.35. The number of nitrogens with one attached hydrogen (secondary N) is 1. The van der Waals surface area contributed by atoms with E-state index in [2.05, 4.69) is 37.7 Å². The molecule has 4 nitrogen and oxygen atoms in total. The number of hydrogen-bond acceptors (Lipinski definition) is 5. The Balaban J connectivity index is 1.84. The van der Waals surface area contributed by atoms with Crippen LogP contribution in [-0.4, -0.2) is 36.1 Å². The number of hydrogen-bond donors (Lipinski definition) is 1. The largest absolute Gasteiger partial charge is 0.355 e. The number of aromatic nitrogens is 2. The zero-order chi connectivity index (χ0) is 15.6. The summed E-state index contributed by atoms with van der Waals surface area (Å²) in [4.78, 5) is 12.5. The van der Waals surface area contributed by atoms with Crippen molar-refractivity contribution in [1.82, 2.24) is 15.3 Å². The maximum atomic E-state index is 6.03. The van der Waals surface area contributed by atoms with Crippen LogP contribution in [0.5, 0.6) is 0 Å². The molecule has 0 atom stereocenters. The van der Waals surface area contributed by atoms with Crippen molar-refractivity contribution in [3.63, 3.8) is 0 Å². The second-order valence-electron chi connectivity index (χ2n) is 5.62. The molecule has 4 rings (SSSR count). The van der Waals surface area contributed by atoms with Crippen LogP contribution in [0.3, 0.4) is 0 Å². The molecule has 1 N–H and O–H groups in total. The topological polar surface area (TPSA) is 41.1 Å². The first-order valence-electron chi connectivity index (χ1n) is 7.77. The van der Waals surface area contributed by atoms with E-state index >= 15 is 0 Å². The van der Waals surface area contributed by atoms with Crippen LogP contribution in [0, 0.1) is 0 Å². The van der Waals surface area contributed by atoms with Crippen LogP contribution in [-0.2, 0) is 0 Å². The van der Waals surface area contributed by atoms with Crippen molar-refractivity contribution in [2.24, 2.45) is 0 Å². The lowest BCUT2D eigenvalue weighted by Gasteiger charge is -2.22. The van der Waals surface area contributed by atoms with E-state index in [0.29, 0.717) is 0 Å². The third-order valence-electron chi connectivity index (χ3n) is 4.15. The summed E-state index contributed by atoms with van der Waals surface area (Å²) >= 11 is 7.70. The van der Waals surface area contributed by atoms with Crippen molar-refractivity contribution in [3.05, 3.63) is 41.0 Å². The number of fused-ring (bicyclic) bond motifs is 1. The highest BCUT2D eigenvalue weighted by atomic mass is 35.5. The van der Waals surface area contributed by atoms with Crippen molar-refractivity contribution in [3.8, 4) is 11.1 Å². The fourth-order valence-corrected chi connectivity index (χ4v) is 4.04. The predicted molar refractivity (Wildman–Crippen MR) is 97.6 cm³/mol. The van der Waals surface area contributed by atoms with E-state index in [0.717, 1.165) is 59.2 Å². The molecule has 0 aliphatic carbocycles. The fraction of sp³-hybridized carbons (Fsp3) is 0.294. The predicted octanol–water partition coefficient (Wildman–Crippen LogP) is 3.81. The molecular formula is C17H17ClN4S. The van der Waals surface area contributed by atoms with Crippen molar-refractivity contribution in [2.45, 2.75) is 6.42 Å². The van der Waals surface area contributed by atoms with Crippen molar-refractivity contribution in [2.75, 3.05) is 31.1 Å². The number of nitrogens with zero attached hydrogens (tertiary/aromatic N) is 3. The Morgan fingerprint density at radius 1 is 1.09 bits per heavy atom. The lowest BCUT2D eigenvalue weighted by molar-refractivity contribution is 0.724. The standard InChI is InChI=1S/C17H17ClN4S/c18-13-4-2-12(3-5-13)14-10-23-17-15(14)16(20-11-21-17)22-8-1-6-19-7-9-22/h2-5,10-11,19H,1,6-9H2. The molecule has 1 fully saturated rings. The number of thiophene rings is 1. The van der Waals surface area contributed by atoms with E-state index in [-0.39, 0.29) is 0 Å². The van der Waals surface area contributed by atoms with E-state index < -0.39 is 0 Å². The minimum absolute atomic E-state index is 0.753. The van der Waals surface area contributed by atoms with Crippen LogP contribution >= 0.6 is 22.9 Å². The van der Waals surface area contributed by atoms with Crippen molar-refractivity contribution in [1.29, 1.82) is 0 Å². The molecule has 0 radical (unpaired) electrons. The molecule has 1 aliphatic heterocycles. The summed E-state index contributed by atoms with van der Waals surface area (Å²) in [6.07, 6.45) is 2.81. The summed E-state index contributed by atoms with van der Waals surface area (Å²) in [5.74, 6) is 1.05. The fourth-order valence-electron chi connectivity index (χ4n) is 3.00. The number of halogens is 1. The maximum absolute atomic E-state index is 6.03. The molecule has 1 aromatic carbocycles. The van der Waals surface area contributed by atoms with Crippen molar-refractivity contribution < 1.29 is 0 Å². The Morgan fingerprint density at radius 2 is 1.96 bits per heavy atom. The minimum Gasteiger partial charge on any atom is -0.355 e. The molecule has 0 amide bonds. The van der Waals surface area contributed by atoms with Gasteiger partial charge in [0.2, 0.25) is 0 Å². The number of rotatable bonds is 2. The second kappa shape index (κ2) is 6.43. The Hall–Kier alpha value is -1.69. The summed E-state index contributed by atoms with van der Waals surface area (Å²) in [5, 5.41) is 7.52. The molecule has 3 aromatic rings. The zero-order valence-corrected chi connectivity index (χ0v) is 14.2. The third kappa shape index (κ3) is 2.92. The number of benzene rings is 1. The molecule has 3 heterocycles. The van der Waals surface area contributed by atoms with Crippen LogP contribution in [0.25, 0.3) is 21.3 Å². The van der Waals surface area contributed by atoms with Gasteiger partial charge in [0, 0.05) is 35.6 Å². The SMILES string of the molecule is Clc1ccc(-c2csc3ncnc(N4CCCNCC4)c23)cc1. The van der Waals surface area contributed by atoms with E-state index in [1.807, 2.05) is 12.1 Å². The molecule has 2 aromatic heterocycles. The van der Waals surface area contributed by atoms with Crippen LogP contribution in [0.2, 0.25) is 5.02 Å². The average Bonchev–Trinajstić information content (AvgIpc) is 2.83. The van der Waals surface area contributed by atoms with Gasteiger partial charge in [-0.2, -0.15) is 0 Å². The van der Waals surface area contributed by atoms with Crippen LogP contribution in [0.15, 0.2) is 36.0 Å². The summed E-state index contributed by atoms with van der Waals surface area (Å²) in [6.45, 7) is 4.06. The zero-order valence-electron chi connectivity index (χ0n) is 12.6. The van der Waals surface area contributed by atoms with Gasteiger partial charge in [0.25, 0.3) is 0 Å². The molecule has 1 aliphatic rings. The number of anilines is 1. The molecular weight excluding hydrogens is 328 g/mol. The lowest BCUT2D eigenvalue weighted by atomic mass is 10.1. The second-order valence-corrected chi connectivity index (χ2v) is 6.92. The van der Waals surface area contributed by atoms with Gasteiger partial charge in [0.05, 0.1) is 5.39 Å². The lowest BCUT2D eigenvalue weighted by Crippen LogP contribution is -2.28. The van der Waals surface area contributed by atoms with Crippen molar-refractivity contribution >= 4 is 39.0 Å².